The summed E-state index contributed by atoms with van der Waals surface area (Å²) in [7, 11) is 2.11. The SMILES string of the molecule is CCCCN(C)C(=NCCC(OCC)C(C)C)NCC. The van der Waals surface area contributed by atoms with Crippen LogP contribution in [0.2, 0.25) is 0 Å². The van der Waals surface area contributed by atoms with Crippen molar-refractivity contribution in [3.8, 4) is 0 Å². The number of ether oxygens (including phenoxy) is 1. The molecule has 20 heavy (non-hydrogen) atoms. The Hall–Kier alpha value is -0.770. The average Bonchev–Trinajstić information content (AvgIpc) is 2.42. The van der Waals surface area contributed by atoms with E-state index in [4.69, 9.17) is 9.73 Å². The fourth-order valence-electron chi connectivity index (χ4n) is 2.09. The largest absolute Gasteiger partial charge is 0.378 e. The molecule has 0 rings (SSSR count). The second-order valence-electron chi connectivity index (χ2n) is 5.54. The van der Waals surface area contributed by atoms with E-state index in [1.807, 2.05) is 0 Å². The van der Waals surface area contributed by atoms with Crippen LogP contribution in [0.25, 0.3) is 0 Å². The van der Waals surface area contributed by atoms with Crippen molar-refractivity contribution in [2.45, 2.75) is 60.0 Å². The van der Waals surface area contributed by atoms with Crippen LogP contribution in [0.4, 0.5) is 0 Å². The van der Waals surface area contributed by atoms with E-state index in [9.17, 15) is 0 Å². The van der Waals surface area contributed by atoms with Gasteiger partial charge in [-0.1, -0.05) is 27.2 Å². The maximum atomic E-state index is 5.77. The minimum absolute atomic E-state index is 0.313. The van der Waals surface area contributed by atoms with E-state index in [2.05, 4.69) is 51.9 Å². The molecular formula is C16H35N3O. The number of nitrogens with zero attached hydrogens (tertiary/aromatic N) is 2. The van der Waals surface area contributed by atoms with Gasteiger partial charge in [-0.15, -0.1) is 0 Å². The Kier molecular flexibility index (Phi) is 11.5. The standard InChI is InChI=1S/C16H35N3O/c1-7-10-13-19(6)16(17-8-2)18-12-11-15(14(4)5)20-9-3/h14-15H,7-13H2,1-6H3,(H,17,18). The molecule has 0 aromatic heterocycles. The Labute approximate surface area is 126 Å². The van der Waals surface area contributed by atoms with Crippen LogP contribution in [0.1, 0.15) is 53.9 Å². The summed E-state index contributed by atoms with van der Waals surface area (Å²) in [6.45, 7) is 14.4. The van der Waals surface area contributed by atoms with Gasteiger partial charge in [0.25, 0.3) is 0 Å². The van der Waals surface area contributed by atoms with Crippen molar-refractivity contribution in [2.75, 3.05) is 33.3 Å². The predicted molar refractivity (Wildman–Crippen MR) is 88.4 cm³/mol. The monoisotopic (exact) mass is 285 g/mol. The number of aliphatic imine (C=N–C) groups is 1. The molecule has 0 fully saturated rings. The summed E-state index contributed by atoms with van der Waals surface area (Å²) in [5, 5.41) is 3.36. The van der Waals surface area contributed by atoms with Crippen LogP contribution in [0.3, 0.4) is 0 Å². The third kappa shape index (κ3) is 8.41. The molecule has 1 N–H and O–H groups in total. The van der Waals surface area contributed by atoms with Crippen molar-refractivity contribution in [1.29, 1.82) is 0 Å². The van der Waals surface area contributed by atoms with Crippen LogP contribution in [0.15, 0.2) is 4.99 Å². The number of hydrogen-bond acceptors (Lipinski definition) is 2. The molecular weight excluding hydrogens is 250 g/mol. The molecule has 120 valence electrons. The molecule has 4 heteroatoms. The molecule has 4 nitrogen and oxygen atoms in total. The lowest BCUT2D eigenvalue weighted by atomic mass is 10.0. The van der Waals surface area contributed by atoms with Gasteiger partial charge in [0.1, 0.15) is 0 Å². The lowest BCUT2D eigenvalue weighted by Gasteiger charge is -2.23. The van der Waals surface area contributed by atoms with E-state index in [1.54, 1.807) is 0 Å². The summed E-state index contributed by atoms with van der Waals surface area (Å²) in [5.41, 5.74) is 0. The van der Waals surface area contributed by atoms with Gasteiger partial charge in [-0.25, -0.2) is 0 Å². The first-order valence-corrected chi connectivity index (χ1v) is 8.17. The van der Waals surface area contributed by atoms with Gasteiger partial charge in [-0.05, 0) is 32.6 Å². The highest BCUT2D eigenvalue weighted by atomic mass is 16.5. The fourth-order valence-corrected chi connectivity index (χ4v) is 2.09. The molecule has 0 amide bonds. The number of unbranched alkanes of at least 4 members (excludes halogenated alkanes) is 1. The van der Waals surface area contributed by atoms with Crippen LogP contribution in [0.5, 0.6) is 0 Å². The van der Waals surface area contributed by atoms with Crippen molar-refractivity contribution < 1.29 is 4.74 Å². The molecule has 1 unspecified atom stereocenters. The summed E-state index contributed by atoms with van der Waals surface area (Å²) in [5.74, 6) is 1.56. The van der Waals surface area contributed by atoms with Crippen LogP contribution < -0.4 is 5.32 Å². The van der Waals surface area contributed by atoms with Crippen LogP contribution in [-0.4, -0.2) is 50.3 Å². The maximum Gasteiger partial charge on any atom is 0.193 e. The van der Waals surface area contributed by atoms with E-state index in [1.165, 1.54) is 12.8 Å². The maximum absolute atomic E-state index is 5.77. The van der Waals surface area contributed by atoms with E-state index >= 15 is 0 Å². The zero-order valence-electron chi connectivity index (χ0n) is 14.4. The summed E-state index contributed by atoms with van der Waals surface area (Å²) >= 11 is 0. The van der Waals surface area contributed by atoms with Gasteiger partial charge in [0.2, 0.25) is 0 Å². The molecule has 0 heterocycles. The van der Waals surface area contributed by atoms with E-state index in [0.717, 1.165) is 38.6 Å². The smallest absolute Gasteiger partial charge is 0.193 e. The molecule has 0 aliphatic rings. The summed E-state index contributed by atoms with van der Waals surface area (Å²) in [6, 6.07) is 0. The van der Waals surface area contributed by atoms with Gasteiger partial charge in [0, 0.05) is 33.3 Å². The lowest BCUT2D eigenvalue weighted by Crippen LogP contribution is -2.39. The molecule has 0 radical (unpaired) electrons. The normalized spacial score (nSPS) is 13.7. The summed E-state index contributed by atoms with van der Waals surface area (Å²) < 4.78 is 5.77. The molecule has 0 saturated heterocycles. The lowest BCUT2D eigenvalue weighted by molar-refractivity contribution is 0.0266. The van der Waals surface area contributed by atoms with Crippen molar-refractivity contribution in [1.82, 2.24) is 10.2 Å². The molecule has 0 bridgehead atoms. The van der Waals surface area contributed by atoms with E-state index in [0.29, 0.717) is 12.0 Å². The van der Waals surface area contributed by atoms with Crippen molar-refractivity contribution in [3.05, 3.63) is 0 Å². The van der Waals surface area contributed by atoms with Crippen LogP contribution >= 0.6 is 0 Å². The minimum Gasteiger partial charge on any atom is -0.378 e. The second kappa shape index (κ2) is 12.0. The molecule has 0 aliphatic carbocycles. The van der Waals surface area contributed by atoms with Crippen molar-refractivity contribution >= 4 is 5.96 Å². The average molecular weight is 285 g/mol. The van der Waals surface area contributed by atoms with Gasteiger partial charge in [-0.3, -0.25) is 4.99 Å². The van der Waals surface area contributed by atoms with Gasteiger partial charge in [0.15, 0.2) is 5.96 Å². The Morgan fingerprint density at radius 1 is 1.25 bits per heavy atom. The third-order valence-corrected chi connectivity index (χ3v) is 3.34. The first kappa shape index (κ1) is 19.2. The highest BCUT2D eigenvalue weighted by molar-refractivity contribution is 5.79. The number of rotatable bonds is 10. The summed E-state index contributed by atoms with van der Waals surface area (Å²) in [4.78, 5) is 6.94. The van der Waals surface area contributed by atoms with Gasteiger partial charge < -0.3 is 15.0 Å². The highest BCUT2D eigenvalue weighted by Gasteiger charge is 2.13. The Balaban J connectivity index is 4.37. The van der Waals surface area contributed by atoms with Gasteiger partial charge >= 0.3 is 0 Å². The number of nitrogens with one attached hydrogen (secondary N) is 1. The minimum atomic E-state index is 0.313. The van der Waals surface area contributed by atoms with Crippen molar-refractivity contribution in [2.24, 2.45) is 10.9 Å². The molecule has 0 aromatic carbocycles. The molecule has 0 aliphatic heterocycles. The Morgan fingerprint density at radius 2 is 1.95 bits per heavy atom. The summed E-state index contributed by atoms with van der Waals surface area (Å²) in [6.07, 6.45) is 3.72. The Morgan fingerprint density at radius 3 is 2.45 bits per heavy atom. The topological polar surface area (TPSA) is 36.9 Å². The zero-order chi connectivity index (χ0) is 15.4. The highest BCUT2D eigenvalue weighted by Crippen LogP contribution is 2.10. The van der Waals surface area contributed by atoms with Gasteiger partial charge in [0.05, 0.1) is 6.10 Å². The third-order valence-electron chi connectivity index (χ3n) is 3.34. The molecule has 1 atom stereocenters. The fraction of sp³-hybridized carbons (Fsp3) is 0.938. The molecule has 0 aromatic rings. The quantitative estimate of drug-likeness (QED) is 0.495. The molecule has 0 spiro atoms. The number of hydrogen-bond donors (Lipinski definition) is 1. The first-order chi connectivity index (χ1) is 9.56. The Bertz CT molecular complexity index is 254. The van der Waals surface area contributed by atoms with Crippen LogP contribution in [0, 0.1) is 5.92 Å². The van der Waals surface area contributed by atoms with E-state index in [-0.39, 0.29) is 0 Å². The second-order valence-corrected chi connectivity index (χ2v) is 5.54. The van der Waals surface area contributed by atoms with Gasteiger partial charge in [-0.2, -0.15) is 0 Å². The van der Waals surface area contributed by atoms with Crippen molar-refractivity contribution in [3.63, 3.8) is 0 Å². The predicted octanol–water partition coefficient (Wildman–Crippen LogP) is 3.14. The zero-order valence-corrected chi connectivity index (χ0v) is 14.4. The number of guanidine groups is 1. The van der Waals surface area contributed by atoms with Crippen LogP contribution in [-0.2, 0) is 4.74 Å². The van der Waals surface area contributed by atoms with E-state index < -0.39 is 0 Å². The first-order valence-electron chi connectivity index (χ1n) is 8.17. The molecule has 0 saturated carbocycles.